The molecule has 0 saturated carbocycles. The number of anilines is 1. The minimum absolute atomic E-state index is 0.0128. The number of thioether (sulfide) groups is 1. The third-order valence-electron chi connectivity index (χ3n) is 3.98. The number of H-pyrrole nitrogens is 1. The Balaban J connectivity index is 1.62. The van der Waals surface area contributed by atoms with Crippen LogP contribution in [0.15, 0.2) is 46.9 Å². The van der Waals surface area contributed by atoms with E-state index in [9.17, 15) is 9.59 Å². The summed E-state index contributed by atoms with van der Waals surface area (Å²) in [7, 11) is 0. The van der Waals surface area contributed by atoms with Gasteiger partial charge in [0.2, 0.25) is 11.1 Å². The van der Waals surface area contributed by atoms with Gasteiger partial charge in [0.25, 0.3) is 0 Å². The molecule has 2 N–H and O–H groups in total. The van der Waals surface area contributed by atoms with Crippen LogP contribution in [0.4, 0.5) is 5.69 Å². The van der Waals surface area contributed by atoms with Crippen molar-refractivity contribution in [1.29, 1.82) is 0 Å². The first-order chi connectivity index (χ1) is 13.2. The molecule has 8 heteroatoms. The maximum Gasteiger partial charge on any atom is 0.229 e. The van der Waals surface area contributed by atoms with Gasteiger partial charge >= 0.3 is 0 Å². The summed E-state index contributed by atoms with van der Waals surface area (Å²) in [6, 6.07) is 10.9. The van der Waals surface area contributed by atoms with Crippen LogP contribution >= 0.6 is 23.1 Å². The molecule has 1 amide bonds. The average Bonchev–Trinajstić information content (AvgIpc) is 3.32. The Kier molecular flexibility index (Phi) is 6.00. The molecule has 0 unspecified atom stereocenters. The molecular weight excluding hydrogens is 392 g/mol. The van der Waals surface area contributed by atoms with Gasteiger partial charge in [-0.05, 0) is 42.6 Å². The zero-order chi connectivity index (χ0) is 20.3. The van der Waals surface area contributed by atoms with Gasteiger partial charge in [0.15, 0.2) is 11.6 Å². The molecule has 0 saturated heterocycles. The van der Waals surface area contributed by atoms with Gasteiger partial charge in [0.05, 0.1) is 10.1 Å². The number of amides is 1. The van der Waals surface area contributed by atoms with Crippen LogP contribution in [0.2, 0.25) is 0 Å². The van der Waals surface area contributed by atoms with E-state index in [1.54, 1.807) is 35.6 Å². The van der Waals surface area contributed by atoms with E-state index in [1.165, 1.54) is 11.8 Å². The van der Waals surface area contributed by atoms with Gasteiger partial charge in [-0.15, -0.1) is 16.4 Å². The van der Waals surface area contributed by atoms with Gasteiger partial charge in [0.1, 0.15) is 0 Å². The maximum atomic E-state index is 12.7. The van der Waals surface area contributed by atoms with Crippen LogP contribution in [0.5, 0.6) is 0 Å². The fourth-order valence-electron chi connectivity index (χ4n) is 2.31. The van der Waals surface area contributed by atoms with E-state index >= 15 is 0 Å². The van der Waals surface area contributed by atoms with Crippen LogP contribution in [0, 0.1) is 5.41 Å². The topological polar surface area (TPSA) is 87.7 Å². The minimum atomic E-state index is -0.474. The number of carbonyl (C=O) groups is 2. The molecule has 2 heterocycles. The molecule has 0 radical (unpaired) electrons. The fourth-order valence-corrected chi connectivity index (χ4v) is 3.77. The molecule has 0 aliphatic carbocycles. The van der Waals surface area contributed by atoms with E-state index in [1.807, 2.05) is 45.2 Å². The molecule has 1 aromatic carbocycles. The zero-order valence-electron chi connectivity index (χ0n) is 16.1. The lowest BCUT2D eigenvalue weighted by Crippen LogP contribution is -2.27. The van der Waals surface area contributed by atoms with Crippen LogP contribution in [0.25, 0.3) is 10.7 Å². The lowest BCUT2D eigenvalue weighted by Gasteiger charge is -2.17. The van der Waals surface area contributed by atoms with Crippen molar-refractivity contribution >= 4 is 40.5 Å². The van der Waals surface area contributed by atoms with Gasteiger partial charge in [-0.3, -0.25) is 14.7 Å². The van der Waals surface area contributed by atoms with E-state index < -0.39 is 5.41 Å². The Labute approximate surface area is 172 Å². The van der Waals surface area contributed by atoms with E-state index in [0.29, 0.717) is 22.2 Å². The van der Waals surface area contributed by atoms with E-state index in [-0.39, 0.29) is 16.9 Å². The van der Waals surface area contributed by atoms with E-state index in [2.05, 4.69) is 20.5 Å². The predicted molar refractivity (Wildman–Crippen MR) is 114 cm³/mol. The number of hydrogen-bond acceptors (Lipinski definition) is 6. The Morgan fingerprint density at radius 3 is 2.50 bits per heavy atom. The van der Waals surface area contributed by atoms with Crippen molar-refractivity contribution in [1.82, 2.24) is 15.2 Å². The van der Waals surface area contributed by atoms with Crippen molar-refractivity contribution in [3.63, 3.8) is 0 Å². The van der Waals surface area contributed by atoms with Crippen molar-refractivity contribution in [2.45, 2.75) is 38.1 Å². The summed E-state index contributed by atoms with van der Waals surface area (Å²) in [4.78, 5) is 30.2. The number of ketones is 1. The number of aromatic amines is 1. The molecule has 6 nitrogen and oxygen atoms in total. The summed E-state index contributed by atoms with van der Waals surface area (Å²) >= 11 is 2.89. The lowest BCUT2D eigenvalue weighted by molar-refractivity contribution is -0.123. The normalized spacial score (nSPS) is 12.6. The average molecular weight is 415 g/mol. The van der Waals surface area contributed by atoms with Crippen molar-refractivity contribution in [3.05, 3.63) is 47.3 Å². The number of rotatable bonds is 6. The molecule has 3 rings (SSSR count). The number of carbonyl (C=O) groups excluding carboxylic acids is 2. The quantitative estimate of drug-likeness (QED) is 0.443. The molecule has 146 valence electrons. The van der Waals surface area contributed by atoms with E-state index in [0.717, 1.165) is 4.88 Å². The number of thiophene rings is 1. The van der Waals surface area contributed by atoms with Crippen molar-refractivity contribution in [3.8, 4) is 10.7 Å². The molecule has 2 aromatic heterocycles. The second-order valence-corrected chi connectivity index (χ2v) is 9.61. The fraction of sp³-hybridized carbons (Fsp3) is 0.300. The third-order valence-corrected chi connectivity index (χ3v) is 5.82. The molecule has 0 bridgehead atoms. The van der Waals surface area contributed by atoms with E-state index in [4.69, 9.17) is 0 Å². The largest absolute Gasteiger partial charge is 0.326 e. The molecule has 1 atom stereocenters. The Hall–Kier alpha value is -2.45. The highest BCUT2D eigenvalue weighted by Gasteiger charge is 2.22. The summed E-state index contributed by atoms with van der Waals surface area (Å²) < 4.78 is 0. The number of Topliss-reactive ketones (excluding diaryl/α,β-unsaturated/α-hetero) is 1. The first-order valence-electron chi connectivity index (χ1n) is 8.83. The van der Waals surface area contributed by atoms with Crippen LogP contribution in [0.1, 0.15) is 38.1 Å². The Bertz CT molecular complexity index is 957. The molecule has 3 aromatic rings. The van der Waals surface area contributed by atoms with Crippen LogP contribution in [-0.4, -0.2) is 32.1 Å². The summed E-state index contributed by atoms with van der Waals surface area (Å²) in [5, 5.41) is 12.1. The van der Waals surface area contributed by atoms with Gasteiger partial charge in [-0.25, -0.2) is 4.98 Å². The molecule has 0 aliphatic rings. The van der Waals surface area contributed by atoms with Crippen LogP contribution in [-0.2, 0) is 4.79 Å². The second kappa shape index (κ2) is 8.28. The summed E-state index contributed by atoms with van der Waals surface area (Å²) in [5.41, 5.74) is 0.784. The third kappa shape index (κ3) is 4.88. The molecule has 28 heavy (non-hydrogen) atoms. The van der Waals surface area contributed by atoms with Gasteiger partial charge in [-0.2, -0.15) is 0 Å². The molecular formula is C20H22N4O2S2. The Morgan fingerprint density at radius 2 is 1.89 bits per heavy atom. The highest BCUT2D eigenvalue weighted by Crippen LogP contribution is 2.27. The highest BCUT2D eigenvalue weighted by atomic mass is 32.2. The predicted octanol–water partition coefficient (Wildman–Crippen LogP) is 4.88. The Morgan fingerprint density at radius 1 is 1.18 bits per heavy atom. The molecule has 0 fully saturated rings. The van der Waals surface area contributed by atoms with Gasteiger partial charge in [-0.1, -0.05) is 38.6 Å². The number of nitrogens with zero attached hydrogens (tertiary/aromatic N) is 2. The smallest absolute Gasteiger partial charge is 0.229 e. The first kappa shape index (κ1) is 20.3. The summed E-state index contributed by atoms with van der Waals surface area (Å²) in [5.74, 6) is 0.624. The lowest BCUT2D eigenvalue weighted by atomic mass is 9.95. The number of benzene rings is 1. The summed E-state index contributed by atoms with van der Waals surface area (Å²) in [6.07, 6.45) is 0. The van der Waals surface area contributed by atoms with Crippen LogP contribution in [0.3, 0.4) is 0 Å². The molecule has 0 spiro atoms. The zero-order valence-corrected chi connectivity index (χ0v) is 17.8. The standard InChI is InChI=1S/C20H22N4O2S2/c1-12(28-19-22-17(23-24-19)15-6-5-11-27-15)16(25)13-7-9-14(10-8-13)21-18(26)20(2,3)4/h5-12H,1-4H3,(H,21,26)(H,22,23,24)/t12-/m1/s1. The van der Waals surface area contributed by atoms with Gasteiger partial charge < -0.3 is 5.32 Å². The monoisotopic (exact) mass is 414 g/mol. The van der Waals surface area contributed by atoms with Crippen molar-refractivity contribution < 1.29 is 9.59 Å². The van der Waals surface area contributed by atoms with Crippen molar-refractivity contribution in [2.24, 2.45) is 5.41 Å². The molecule has 0 aliphatic heterocycles. The van der Waals surface area contributed by atoms with Gasteiger partial charge in [0, 0.05) is 16.7 Å². The summed E-state index contributed by atoms with van der Waals surface area (Å²) in [6.45, 7) is 7.40. The van der Waals surface area contributed by atoms with Crippen LogP contribution < -0.4 is 5.32 Å². The SMILES string of the molecule is C[C@@H](Sc1n[nH]c(-c2cccs2)n1)C(=O)c1ccc(NC(=O)C(C)(C)C)cc1. The van der Waals surface area contributed by atoms with Crippen molar-refractivity contribution in [2.75, 3.05) is 5.32 Å². The minimum Gasteiger partial charge on any atom is -0.326 e. The number of nitrogens with one attached hydrogen (secondary N) is 2. The second-order valence-electron chi connectivity index (χ2n) is 7.35. The number of aromatic nitrogens is 3. The maximum absolute atomic E-state index is 12.7. The number of hydrogen-bond donors (Lipinski definition) is 2. The highest BCUT2D eigenvalue weighted by molar-refractivity contribution is 8.00. The first-order valence-corrected chi connectivity index (χ1v) is 10.6.